The van der Waals surface area contributed by atoms with E-state index in [1.165, 1.54) is 11.7 Å². The van der Waals surface area contributed by atoms with Crippen LogP contribution < -0.4 is 21.9 Å². The van der Waals surface area contributed by atoms with Crippen molar-refractivity contribution < 1.29 is 9.53 Å². The first-order valence-electron chi connectivity index (χ1n) is 11.0. The lowest BCUT2D eigenvalue weighted by Crippen LogP contribution is -2.36. The molecule has 34 heavy (non-hydrogen) atoms. The van der Waals surface area contributed by atoms with Crippen molar-refractivity contribution in [2.24, 2.45) is 0 Å². The minimum Gasteiger partial charge on any atom is -0.383 e. The quantitative estimate of drug-likeness (QED) is 0.336. The summed E-state index contributed by atoms with van der Waals surface area (Å²) in [7, 11) is 1.52. The van der Waals surface area contributed by atoms with Crippen molar-refractivity contribution in [1.82, 2.24) is 14.1 Å². The van der Waals surface area contributed by atoms with Crippen LogP contribution in [0.1, 0.15) is 12.0 Å². The zero-order valence-corrected chi connectivity index (χ0v) is 18.9. The summed E-state index contributed by atoms with van der Waals surface area (Å²) in [5.41, 5.74) is 0.904. The maximum Gasteiger partial charge on any atom is 0.330 e. The van der Waals surface area contributed by atoms with Gasteiger partial charge in [-0.3, -0.25) is 19.1 Å². The summed E-state index contributed by atoms with van der Waals surface area (Å²) in [6.07, 6.45) is 2.11. The number of methoxy groups -OCH3 is 1. The standard InChI is InChI=1S/C25H27N5O4/c1-34-16-15-30-23(22(24(32)28-25(30)33)26-17-18-7-3-2-4-8-18)27-21(31)12-14-29-13-11-19-9-5-6-10-20(19)29/h2-11,13,26H,12,14-17H2,1H3,(H,27,31)(H,28,32,33). The molecule has 4 aromatic rings. The molecule has 0 spiro atoms. The van der Waals surface area contributed by atoms with Crippen molar-refractivity contribution in [1.29, 1.82) is 0 Å². The molecule has 2 heterocycles. The summed E-state index contributed by atoms with van der Waals surface area (Å²) in [5, 5.41) is 6.96. The average molecular weight is 462 g/mol. The Hall–Kier alpha value is -4.11. The molecule has 0 unspecified atom stereocenters. The Morgan fingerprint density at radius 1 is 1.00 bits per heavy atom. The number of benzene rings is 2. The predicted molar refractivity (Wildman–Crippen MR) is 132 cm³/mol. The normalized spacial score (nSPS) is 11.0. The Bertz CT molecular complexity index is 1390. The van der Waals surface area contributed by atoms with E-state index in [-0.39, 0.29) is 37.0 Å². The van der Waals surface area contributed by atoms with Gasteiger partial charge in [0.2, 0.25) is 5.91 Å². The first-order chi connectivity index (χ1) is 16.6. The fraction of sp³-hybridized carbons (Fsp3) is 0.240. The molecule has 0 saturated heterocycles. The van der Waals surface area contributed by atoms with Crippen LogP contribution in [0.2, 0.25) is 0 Å². The summed E-state index contributed by atoms with van der Waals surface area (Å²) in [6, 6.07) is 19.5. The summed E-state index contributed by atoms with van der Waals surface area (Å²) in [5.74, 6) is -0.180. The summed E-state index contributed by atoms with van der Waals surface area (Å²) >= 11 is 0. The molecule has 9 heteroatoms. The fourth-order valence-corrected chi connectivity index (χ4v) is 3.80. The maximum absolute atomic E-state index is 12.9. The number of carbonyl (C=O) groups is 1. The van der Waals surface area contributed by atoms with Crippen molar-refractivity contribution in [3.05, 3.63) is 93.3 Å². The van der Waals surface area contributed by atoms with Gasteiger partial charge in [0.05, 0.1) is 13.2 Å². The third-order valence-corrected chi connectivity index (χ3v) is 5.55. The van der Waals surface area contributed by atoms with Crippen LogP contribution in [0.3, 0.4) is 0 Å². The first-order valence-corrected chi connectivity index (χ1v) is 11.0. The lowest BCUT2D eigenvalue weighted by molar-refractivity contribution is -0.116. The molecule has 0 atom stereocenters. The Morgan fingerprint density at radius 2 is 1.76 bits per heavy atom. The van der Waals surface area contributed by atoms with Crippen LogP contribution >= 0.6 is 0 Å². The lowest BCUT2D eigenvalue weighted by Gasteiger charge is -2.18. The predicted octanol–water partition coefficient (Wildman–Crippen LogP) is 2.78. The molecular weight excluding hydrogens is 434 g/mol. The molecule has 0 radical (unpaired) electrons. The monoisotopic (exact) mass is 461 g/mol. The molecule has 0 aliphatic heterocycles. The molecule has 2 aromatic heterocycles. The van der Waals surface area contributed by atoms with Gasteiger partial charge in [-0.25, -0.2) is 4.79 Å². The van der Waals surface area contributed by atoms with Gasteiger partial charge < -0.3 is 19.9 Å². The second-order valence-corrected chi connectivity index (χ2v) is 7.83. The summed E-state index contributed by atoms with van der Waals surface area (Å²) in [6.45, 7) is 1.22. The van der Waals surface area contributed by atoms with Gasteiger partial charge in [-0.05, 0) is 23.1 Å². The summed E-state index contributed by atoms with van der Waals surface area (Å²) < 4.78 is 8.42. The van der Waals surface area contributed by atoms with Crippen LogP contribution in [0.4, 0.5) is 11.5 Å². The molecule has 0 aliphatic carbocycles. The highest BCUT2D eigenvalue weighted by atomic mass is 16.5. The highest BCUT2D eigenvalue weighted by Gasteiger charge is 2.17. The SMILES string of the molecule is COCCn1c(NC(=O)CCn2ccc3ccccc32)c(NCc2ccccc2)c(=O)[nH]c1=O. The molecular formula is C25H27N5O4. The minimum absolute atomic E-state index is 0.124. The topological polar surface area (TPSA) is 110 Å². The number of aromatic nitrogens is 3. The Kier molecular flexibility index (Phi) is 7.24. The van der Waals surface area contributed by atoms with Crippen LogP contribution in [0, 0.1) is 0 Å². The maximum atomic E-state index is 12.9. The lowest BCUT2D eigenvalue weighted by atomic mass is 10.2. The fourth-order valence-electron chi connectivity index (χ4n) is 3.80. The van der Waals surface area contributed by atoms with Gasteiger partial charge in [0, 0.05) is 38.3 Å². The third-order valence-electron chi connectivity index (χ3n) is 5.55. The van der Waals surface area contributed by atoms with E-state index >= 15 is 0 Å². The molecule has 176 valence electrons. The van der Waals surface area contributed by atoms with E-state index in [1.807, 2.05) is 71.4 Å². The van der Waals surface area contributed by atoms with Gasteiger partial charge in [0.25, 0.3) is 5.56 Å². The minimum atomic E-state index is -0.612. The van der Waals surface area contributed by atoms with Crippen molar-refractivity contribution in [2.45, 2.75) is 26.1 Å². The molecule has 0 fully saturated rings. The zero-order chi connectivity index (χ0) is 23.9. The van der Waals surface area contributed by atoms with Crippen LogP contribution in [-0.2, 0) is 29.2 Å². The van der Waals surface area contributed by atoms with Crippen LogP contribution in [0.5, 0.6) is 0 Å². The highest BCUT2D eigenvalue weighted by Crippen LogP contribution is 2.18. The van der Waals surface area contributed by atoms with Gasteiger partial charge in [0.1, 0.15) is 11.5 Å². The number of anilines is 2. The van der Waals surface area contributed by atoms with Crippen molar-refractivity contribution >= 4 is 28.3 Å². The largest absolute Gasteiger partial charge is 0.383 e. The van der Waals surface area contributed by atoms with E-state index in [0.717, 1.165) is 16.5 Å². The van der Waals surface area contributed by atoms with Crippen LogP contribution in [0.15, 0.2) is 76.4 Å². The number of nitrogens with one attached hydrogen (secondary N) is 3. The van der Waals surface area contributed by atoms with Crippen molar-refractivity contribution in [3.8, 4) is 0 Å². The van der Waals surface area contributed by atoms with E-state index < -0.39 is 11.2 Å². The van der Waals surface area contributed by atoms with Crippen LogP contribution in [-0.4, -0.2) is 33.7 Å². The van der Waals surface area contributed by atoms with Crippen LogP contribution in [0.25, 0.3) is 10.9 Å². The number of hydrogen-bond acceptors (Lipinski definition) is 5. The Balaban J connectivity index is 1.57. The third kappa shape index (κ3) is 5.26. The molecule has 0 aliphatic rings. The number of rotatable bonds is 10. The van der Waals surface area contributed by atoms with Gasteiger partial charge in [-0.15, -0.1) is 0 Å². The molecule has 1 amide bonds. The van der Waals surface area contributed by atoms with E-state index in [0.29, 0.717) is 13.1 Å². The number of aromatic amines is 1. The smallest absolute Gasteiger partial charge is 0.330 e. The number of nitrogens with zero attached hydrogens (tertiary/aromatic N) is 2. The van der Waals surface area contributed by atoms with Gasteiger partial charge in [-0.1, -0.05) is 48.5 Å². The zero-order valence-electron chi connectivity index (χ0n) is 18.9. The molecule has 4 rings (SSSR count). The molecule has 0 bridgehead atoms. The number of carbonyl (C=O) groups excluding carboxylic acids is 1. The number of H-pyrrole nitrogens is 1. The Morgan fingerprint density at radius 3 is 2.56 bits per heavy atom. The second kappa shape index (κ2) is 10.7. The number of hydrogen-bond donors (Lipinski definition) is 3. The van der Waals surface area contributed by atoms with Crippen molar-refractivity contribution in [2.75, 3.05) is 24.4 Å². The molecule has 2 aromatic carbocycles. The van der Waals surface area contributed by atoms with E-state index in [2.05, 4.69) is 15.6 Å². The summed E-state index contributed by atoms with van der Waals surface area (Å²) in [4.78, 5) is 40.4. The number of para-hydroxylation sites is 1. The molecule has 9 nitrogen and oxygen atoms in total. The molecule has 0 saturated carbocycles. The highest BCUT2D eigenvalue weighted by molar-refractivity contribution is 5.93. The average Bonchev–Trinajstić information content (AvgIpc) is 3.26. The molecule has 3 N–H and O–H groups in total. The number of amides is 1. The van der Waals surface area contributed by atoms with E-state index in [1.54, 1.807) is 0 Å². The van der Waals surface area contributed by atoms with Crippen molar-refractivity contribution in [3.63, 3.8) is 0 Å². The van der Waals surface area contributed by atoms with Gasteiger partial charge >= 0.3 is 5.69 Å². The second-order valence-electron chi connectivity index (χ2n) is 7.83. The first kappa shape index (κ1) is 23.1. The van der Waals surface area contributed by atoms with E-state index in [9.17, 15) is 14.4 Å². The number of aryl methyl sites for hydroxylation is 1. The van der Waals surface area contributed by atoms with Gasteiger partial charge in [0.15, 0.2) is 0 Å². The number of fused-ring (bicyclic) bond motifs is 1. The Labute approximate surface area is 196 Å². The van der Waals surface area contributed by atoms with E-state index in [4.69, 9.17) is 4.74 Å². The number of ether oxygens (including phenoxy) is 1. The van der Waals surface area contributed by atoms with Gasteiger partial charge in [-0.2, -0.15) is 0 Å².